The summed E-state index contributed by atoms with van der Waals surface area (Å²) < 4.78 is 35.7. The molecule has 2 atom stereocenters. The van der Waals surface area contributed by atoms with Gasteiger partial charge in [0.2, 0.25) is 0 Å². The van der Waals surface area contributed by atoms with Crippen LogP contribution in [0.4, 0.5) is 0 Å². The molecule has 0 bridgehead atoms. The van der Waals surface area contributed by atoms with Gasteiger partial charge in [0.15, 0.2) is 0 Å². The van der Waals surface area contributed by atoms with Gasteiger partial charge in [0.25, 0.3) is 10.2 Å². The van der Waals surface area contributed by atoms with Crippen LogP contribution in [0.1, 0.15) is 55.4 Å². The summed E-state index contributed by atoms with van der Waals surface area (Å²) in [6, 6.07) is 0. The summed E-state index contributed by atoms with van der Waals surface area (Å²) in [5.74, 6) is 0. The van der Waals surface area contributed by atoms with Crippen molar-refractivity contribution in [1.82, 2.24) is 0 Å². The summed E-state index contributed by atoms with van der Waals surface area (Å²) in [4.78, 5) is 0. The SMILES string of the molecule is CCOC(C)C(OCC)(OCC)SSC(OCC)(OCC)C(C)OCC. The predicted molar refractivity (Wildman–Crippen MR) is 109 cm³/mol. The minimum absolute atomic E-state index is 0.270. The maximum atomic E-state index is 6.02. The molecule has 0 spiro atoms. The summed E-state index contributed by atoms with van der Waals surface area (Å²) in [5.41, 5.74) is 0. The van der Waals surface area contributed by atoms with Gasteiger partial charge in [-0.1, -0.05) is 0 Å². The van der Waals surface area contributed by atoms with E-state index < -0.39 is 10.2 Å². The van der Waals surface area contributed by atoms with E-state index >= 15 is 0 Å². The highest BCUT2D eigenvalue weighted by Crippen LogP contribution is 2.50. The molecule has 0 saturated heterocycles. The first-order chi connectivity index (χ1) is 12.4. The fraction of sp³-hybridized carbons (Fsp3) is 1.00. The molecule has 0 aromatic rings. The summed E-state index contributed by atoms with van der Waals surface area (Å²) in [7, 11) is 2.85. The minimum Gasteiger partial charge on any atom is -0.372 e. The Morgan fingerprint density at radius 2 is 0.808 bits per heavy atom. The lowest BCUT2D eigenvalue weighted by Crippen LogP contribution is -2.48. The monoisotopic (exact) mass is 414 g/mol. The molecule has 0 aliphatic rings. The van der Waals surface area contributed by atoms with Crippen molar-refractivity contribution < 1.29 is 28.4 Å². The normalized spacial score (nSPS) is 15.2. The zero-order chi connectivity index (χ0) is 20.1. The second kappa shape index (κ2) is 14.5. The van der Waals surface area contributed by atoms with Crippen molar-refractivity contribution in [2.45, 2.75) is 77.8 Å². The Bertz CT molecular complexity index is 302. The Morgan fingerprint density at radius 1 is 0.538 bits per heavy atom. The van der Waals surface area contributed by atoms with E-state index in [2.05, 4.69) is 0 Å². The third kappa shape index (κ3) is 7.83. The molecule has 0 aliphatic heterocycles. The average Bonchev–Trinajstić information content (AvgIpc) is 2.60. The molecule has 0 aliphatic carbocycles. The van der Waals surface area contributed by atoms with Crippen LogP contribution in [0, 0.1) is 0 Å². The first kappa shape index (κ1) is 26.5. The average molecular weight is 415 g/mol. The molecule has 0 radical (unpaired) electrons. The third-order valence-corrected chi connectivity index (χ3v) is 6.81. The molecule has 2 unspecified atom stereocenters. The fourth-order valence-corrected chi connectivity index (χ4v) is 5.80. The van der Waals surface area contributed by atoms with Crippen LogP contribution in [0.15, 0.2) is 0 Å². The second-order valence-electron chi connectivity index (χ2n) is 5.30. The zero-order valence-corrected chi connectivity index (χ0v) is 19.3. The summed E-state index contributed by atoms with van der Waals surface area (Å²) >= 11 is 0. The van der Waals surface area contributed by atoms with Crippen molar-refractivity contribution in [2.24, 2.45) is 0 Å². The van der Waals surface area contributed by atoms with Gasteiger partial charge >= 0.3 is 0 Å². The lowest BCUT2D eigenvalue weighted by Gasteiger charge is -2.41. The summed E-state index contributed by atoms with van der Waals surface area (Å²) in [6.07, 6.45) is -0.540. The quantitative estimate of drug-likeness (QED) is 0.251. The summed E-state index contributed by atoms with van der Waals surface area (Å²) in [6.45, 7) is 18.8. The Hall–Kier alpha value is 0.460. The van der Waals surface area contributed by atoms with E-state index in [0.29, 0.717) is 39.6 Å². The van der Waals surface area contributed by atoms with Gasteiger partial charge in [-0.2, -0.15) is 0 Å². The largest absolute Gasteiger partial charge is 0.372 e. The molecule has 0 fully saturated rings. The van der Waals surface area contributed by atoms with Crippen molar-refractivity contribution >= 4 is 21.6 Å². The number of hydrogen-bond acceptors (Lipinski definition) is 8. The first-order valence-corrected chi connectivity index (χ1v) is 11.7. The van der Waals surface area contributed by atoms with Crippen molar-refractivity contribution in [3.63, 3.8) is 0 Å². The van der Waals surface area contributed by atoms with Crippen LogP contribution in [0.5, 0.6) is 0 Å². The van der Waals surface area contributed by atoms with Crippen LogP contribution >= 0.6 is 21.6 Å². The Balaban J connectivity index is 5.58. The van der Waals surface area contributed by atoms with Crippen LogP contribution in [0.2, 0.25) is 0 Å². The van der Waals surface area contributed by atoms with E-state index in [1.807, 2.05) is 55.4 Å². The first-order valence-electron chi connectivity index (χ1n) is 9.57. The van der Waals surface area contributed by atoms with Gasteiger partial charge in [-0.15, -0.1) is 0 Å². The number of hydrogen-bond donors (Lipinski definition) is 0. The Labute approximate surface area is 167 Å². The van der Waals surface area contributed by atoms with Crippen LogP contribution in [0.3, 0.4) is 0 Å². The molecule has 0 amide bonds. The number of rotatable bonds is 17. The van der Waals surface area contributed by atoms with Crippen molar-refractivity contribution in [2.75, 3.05) is 39.6 Å². The highest BCUT2D eigenvalue weighted by Gasteiger charge is 2.47. The molecule has 0 heterocycles. The Morgan fingerprint density at radius 3 is 1.00 bits per heavy atom. The summed E-state index contributed by atoms with van der Waals surface area (Å²) in [5, 5.41) is -1.93. The van der Waals surface area contributed by atoms with Crippen molar-refractivity contribution in [3.05, 3.63) is 0 Å². The molecule has 0 rings (SSSR count). The van der Waals surface area contributed by atoms with Crippen LogP contribution in [0.25, 0.3) is 0 Å². The van der Waals surface area contributed by atoms with Crippen LogP contribution < -0.4 is 0 Å². The topological polar surface area (TPSA) is 55.4 Å². The van der Waals surface area contributed by atoms with E-state index in [4.69, 9.17) is 28.4 Å². The van der Waals surface area contributed by atoms with Crippen molar-refractivity contribution in [1.29, 1.82) is 0 Å². The smallest absolute Gasteiger partial charge is 0.255 e. The van der Waals surface area contributed by atoms with Gasteiger partial charge in [0.05, 0.1) is 0 Å². The van der Waals surface area contributed by atoms with Crippen molar-refractivity contribution in [3.8, 4) is 0 Å². The molecule has 0 aromatic heterocycles. The van der Waals surface area contributed by atoms with Gasteiger partial charge < -0.3 is 28.4 Å². The molecule has 6 nitrogen and oxygen atoms in total. The van der Waals surface area contributed by atoms with E-state index in [0.717, 1.165) is 0 Å². The molecule has 8 heteroatoms. The second-order valence-corrected chi connectivity index (χ2v) is 7.77. The van der Waals surface area contributed by atoms with Crippen LogP contribution in [-0.4, -0.2) is 62.1 Å². The van der Waals surface area contributed by atoms with Crippen LogP contribution in [-0.2, 0) is 28.4 Å². The Kier molecular flexibility index (Phi) is 14.7. The molecular weight excluding hydrogens is 376 g/mol. The number of ether oxygens (including phenoxy) is 6. The highest BCUT2D eigenvalue weighted by molar-refractivity contribution is 8.77. The molecule has 0 aromatic carbocycles. The molecule has 0 saturated carbocycles. The lowest BCUT2D eigenvalue weighted by molar-refractivity contribution is -0.226. The van der Waals surface area contributed by atoms with Gasteiger partial charge in [-0.3, -0.25) is 0 Å². The maximum Gasteiger partial charge on any atom is 0.255 e. The molecule has 158 valence electrons. The van der Waals surface area contributed by atoms with Gasteiger partial charge in [0.1, 0.15) is 12.2 Å². The van der Waals surface area contributed by atoms with E-state index in [-0.39, 0.29) is 12.2 Å². The van der Waals surface area contributed by atoms with E-state index in [1.54, 1.807) is 0 Å². The van der Waals surface area contributed by atoms with Gasteiger partial charge in [0, 0.05) is 39.6 Å². The van der Waals surface area contributed by atoms with E-state index in [9.17, 15) is 0 Å². The lowest BCUT2D eigenvalue weighted by atomic mass is 10.4. The van der Waals surface area contributed by atoms with Gasteiger partial charge in [-0.05, 0) is 77.0 Å². The third-order valence-electron chi connectivity index (χ3n) is 3.49. The standard InChI is InChI=1S/C18H38O6S2/c1-9-19-15(7)17(21-11-3,22-12-4)25-26-18(23-13-5,24-14-6)16(8)20-10-2/h15-16H,9-14H2,1-8H3. The molecular formula is C18H38O6S2. The zero-order valence-electron chi connectivity index (χ0n) is 17.7. The predicted octanol–water partition coefficient (Wildman–Crippen LogP) is 4.67. The van der Waals surface area contributed by atoms with Gasteiger partial charge in [-0.25, -0.2) is 0 Å². The molecule has 26 heavy (non-hydrogen) atoms. The highest BCUT2D eigenvalue weighted by atomic mass is 33.1. The van der Waals surface area contributed by atoms with E-state index in [1.165, 1.54) is 21.6 Å². The fourth-order valence-electron chi connectivity index (χ4n) is 2.41. The molecule has 0 N–H and O–H groups in total. The maximum absolute atomic E-state index is 6.02. The minimum atomic E-state index is -0.963.